The lowest BCUT2D eigenvalue weighted by molar-refractivity contribution is -0.132. The molecular formula is C17H25NO3. The van der Waals surface area contributed by atoms with E-state index in [-0.39, 0.29) is 23.9 Å². The number of rotatable bonds is 8. The maximum Gasteiger partial charge on any atom is 0.335 e. The molecule has 1 amide bonds. The smallest absolute Gasteiger partial charge is 0.335 e. The number of hydrogen-bond donors (Lipinski definition) is 1. The Morgan fingerprint density at radius 3 is 2.52 bits per heavy atom. The maximum atomic E-state index is 12.4. The van der Waals surface area contributed by atoms with Gasteiger partial charge in [0.05, 0.1) is 12.0 Å². The first kappa shape index (κ1) is 17.2. The predicted octanol–water partition coefficient (Wildman–Crippen LogP) is 3.35. The van der Waals surface area contributed by atoms with Gasteiger partial charge in [-0.15, -0.1) is 0 Å². The fraction of sp³-hybridized carbons (Fsp3) is 0.529. The number of carboxylic acids is 1. The highest BCUT2D eigenvalue weighted by molar-refractivity contribution is 5.88. The van der Waals surface area contributed by atoms with E-state index in [0.29, 0.717) is 0 Å². The van der Waals surface area contributed by atoms with Gasteiger partial charge in [0.1, 0.15) is 0 Å². The Bertz CT molecular complexity index is 483. The summed E-state index contributed by atoms with van der Waals surface area (Å²) in [6.45, 7) is 6.93. The fourth-order valence-corrected chi connectivity index (χ4v) is 2.29. The number of carbonyl (C=O) groups is 2. The molecule has 0 fully saturated rings. The molecular weight excluding hydrogens is 266 g/mol. The van der Waals surface area contributed by atoms with E-state index in [4.69, 9.17) is 5.11 Å². The molecule has 0 aromatic heterocycles. The first-order valence-corrected chi connectivity index (χ1v) is 7.57. The summed E-state index contributed by atoms with van der Waals surface area (Å²) in [6.07, 6.45) is 3.51. The minimum absolute atomic E-state index is 0.0589. The van der Waals surface area contributed by atoms with Crippen LogP contribution in [0.3, 0.4) is 0 Å². The third-order valence-electron chi connectivity index (χ3n) is 3.48. The molecule has 0 heterocycles. The molecule has 0 aliphatic rings. The largest absolute Gasteiger partial charge is 0.478 e. The summed E-state index contributed by atoms with van der Waals surface area (Å²) in [7, 11) is 0. The standard InChI is InChI=1S/C17H25NO3/c1-4-5-6-10-18(13(2)3)16(19)12-14-8-7-9-15(11-14)17(20)21/h7-9,11,13H,4-6,10,12H2,1-3H3,(H,20,21). The van der Waals surface area contributed by atoms with Crippen LogP contribution in [0.2, 0.25) is 0 Å². The Hall–Kier alpha value is -1.84. The summed E-state index contributed by atoms with van der Waals surface area (Å²) < 4.78 is 0. The molecule has 0 unspecified atom stereocenters. The van der Waals surface area contributed by atoms with E-state index in [0.717, 1.165) is 31.4 Å². The van der Waals surface area contributed by atoms with E-state index in [1.807, 2.05) is 18.7 Å². The van der Waals surface area contributed by atoms with Crippen molar-refractivity contribution in [1.82, 2.24) is 4.90 Å². The number of benzene rings is 1. The van der Waals surface area contributed by atoms with Gasteiger partial charge in [0.25, 0.3) is 0 Å². The van der Waals surface area contributed by atoms with Crippen molar-refractivity contribution in [2.75, 3.05) is 6.54 Å². The van der Waals surface area contributed by atoms with E-state index in [1.54, 1.807) is 18.2 Å². The van der Waals surface area contributed by atoms with Gasteiger partial charge in [-0.25, -0.2) is 4.79 Å². The number of hydrogen-bond acceptors (Lipinski definition) is 2. The summed E-state index contributed by atoms with van der Waals surface area (Å²) >= 11 is 0. The molecule has 0 saturated heterocycles. The minimum Gasteiger partial charge on any atom is -0.478 e. The zero-order valence-corrected chi connectivity index (χ0v) is 13.1. The average molecular weight is 291 g/mol. The zero-order valence-electron chi connectivity index (χ0n) is 13.1. The van der Waals surface area contributed by atoms with Gasteiger partial charge in [-0.2, -0.15) is 0 Å². The minimum atomic E-state index is -0.965. The molecule has 0 atom stereocenters. The molecule has 1 rings (SSSR count). The Balaban J connectivity index is 2.72. The highest BCUT2D eigenvalue weighted by Crippen LogP contribution is 2.11. The van der Waals surface area contributed by atoms with Crippen LogP contribution in [-0.2, 0) is 11.2 Å². The summed E-state index contributed by atoms with van der Waals surface area (Å²) in [5.41, 5.74) is 0.975. The number of carbonyl (C=O) groups excluding carboxylic acids is 1. The van der Waals surface area contributed by atoms with Crippen molar-refractivity contribution in [3.63, 3.8) is 0 Å². The molecule has 1 aromatic rings. The predicted molar refractivity (Wildman–Crippen MR) is 83.5 cm³/mol. The lowest BCUT2D eigenvalue weighted by atomic mass is 10.1. The van der Waals surface area contributed by atoms with E-state index < -0.39 is 5.97 Å². The summed E-state index contributed by atoms with van der Waals surface area (Å²) in [6, 6.07) is 6.76. The van der Waals surface area contributed by atoms with Crippen LogP contribution < -0.4 is 0 Å². The van der Waals surface area contributed by atoms with Gasteiger partial charge in [0.15, 0.2) is 0 Å². The average Bonchev–Trinajstić information content (AvgIpc) is 2.43. The highest BCUT2D eigenvalue weighted by atomic mass is 16.4. The number of amides is 1. The Morgan fingerprint density at radius 1 is 1.24 bits per heavy atom. The van der Waals surface area contributed by atoms with E-state index in [1.165, 1.54) is 6.07 Å². The van der Waals surface area contributed by atoms with Crippen molar-refractivity contribution in [3.8, 4) is 0 Å². The van der Waals surface area contributed by atoms with Crippen LogP contribution in [0.1, 0.15) is 56.0 Å². The topological polar surface area (TPSA) is 57.6 Å². The monoisotopic (exact) mass is 291 g/mol. The van der Waals surface area contributed by atoms with Crippen molar-refractivity contribution < 1.29 is 14.7 Å². The molecule has 4 nitrogen and oxygen atoms in total. The summed E-state index contributed by atoms with van der Waals surface area (Å²) in [4.78, 5) is 25.2. The van der Waals surface area contributed by atoms with Crippen molar-refractivity contribution in [2.24, 2.45) is 0 Å². The van der Waals surface area contributed by atoms with Gasteiger partial charge in [0, 0.05) is 12.6 Å². The Labute approximate surface area is 126 Å². The van der Waals surface area contributed by atoms with Gasteiger partial charge in [-0.1, -0.05) is 31.9 Å². The molecule has 1 N–H and O–H groups in total. The van der Waals surface area contributed by atoms with Gasteiger partial charge in [0.2, 0.25) is 5.91 Å². The van der Waals surface area contributed by atoms with Crippen LogP contribution in [0.25, 0.3) is 0 Å². The lowest BCUT2D eigenvalue weighted by Crippen LogP contribution is -2.38. The number of unbranched alkanes of at least 4 members (excludes halogenated alkanes) is 2. The molecule has 116 valence electrons. The molecule has 0 aliphatic heterocycles. The Kier molecular flexibility index (Phi) is 6.92. The SMILES string of the molecule is CCCCCN(C(=O)Cc1cccc(C(=O)O)c1)C(C)C. The molecule has 1 aromatic carbocycles. The van der Waals surface area contributed by atoms with Crippen molar-refractivity contribution in [1.29, 1.82) is 0 Å². The van der Waals surface area contributed by atoms with Crippen molar-refractivity contribution >= 4 is 11.9 Å². The van der Waals surface area contributed by atoms with Crippen LogP contribution in [0.15, 0.2) is 24.3 Å². The second kappa shape index (κ2) is 8.45. The molecule has 0 radical (unpaired) electrons. The molecule has 0 aliphatic carbocycles. The third-order valence-corrected chi connectivity index (χ3v) is 3.48. The number of aromatic carboxylic acids is 1. The normalized spacial score (nSPS) is 10.7. The van der Waals surface area contributed by atoms with Crippen LogP contribution in [0, 0.1) is 0 Å². The first-order chi connectivity index (χ1) is 9.95. The van der Waals surface area contributed by atoms with Crippen LogP contribution in [-0.4, -0.2) is 34.5 Å². The van der Waals surface area contributed by atoms with Crippen LogP contribution >= 0.6 is 0 Å². The van der Waals surface area contributed by atoms with Gasteiger partial charge < -0.3 is 10.0 Å². The number of carboxylic acid groups (broad SMARTS) is 1. The summed E-state index contributed by atoms with van der Waals surface area (Å²) in [5, 5.41) is 8.99. The van der Waals surface area contributed by atoms with E-state index >= 15 is 0 Å². The summed E-state index contributed by atoms with van der Waals surface area (Å²) in [5.74, 6) is -0.906. The molecule has 0 spiro atoms. The first-order valence-electron chi connectivity index (χ1n) is 7.57. The fourth-order valence-electron chi connectivity index (χ4n) is 2.29. The molecule has 21 heavy (non-hydrogen) atoms. The van der Waals surface area contributed by atoms with E-state index in [2.05, 4.69) is 6.92 Å². The van der Waals surface area contributed by atoms with Crippen LogP contribution in [0.5, 0.6) is 0 Å². The van der Waals surface area contributed by atoms with Gasteiger partial charge in [-0.05, 0) is 38.0 Å². The quantitative estimate of drug-likeness (QED) is 0.747. The van der Waals surface area contributed by atoms with Crippen molar-refractivity contribution in [3.05, 3.63) is 35.4 Å². The zero-order chi connectivity index (χ0) is 15.8. The maximum absolute atomic E-state index is 12.4. The van der Waals surface area contributed by atoms with Crippen LogP contribution in [0.4, 0.5) is 0 Å². The molecule has 0 saturated carbocycles. The third kappa shape index (κ3) is 5.58. The second-order valence-electron chi connectivity index (χ2n) is 5.57. The Morgan fingerprint density at radius 2 is 1.95 bits per heavy atom. The molecule has 4 heteroatoms. The molecule has 0 bridgehead atoms. The van der Waals surface area contributed by atoms with Gasteiger partial charge >= 0.3 is 5.97 Å². The lowest BCUT2D eigenvalue weighted by Gasteiger charge is -2.27. The highest BCUT2D eigenvalue weighted by Gasteiger charge is 2.17. The van der Waals surface area contributed by atoms with Gasteiger partial charge in [-0.3, -0.25) is 4.79 Å². The van der Waals surface area contributed by atoms with E-state index in [9.17, 15) is 9.59 Å². The van der Waals surface area contributed by atoms with Crippen molar-refractivity contribution in [2.45, 2.75) is 52.5 Å². The number of nitrogens with zero attached hydrogens (tertiary/aromatic N) is 1. The second-order valence-corrected chi connectivity index (χ2v) is 5.57.